The largest absolute Gasteiger partial charge is 0.464 e. The second kappa shape index (κ2) is 5.42. The van der Waals surface area contributed by atoms with Gasteiger partial charge in [0.1, 0.15) is 5.69 Å². The normalized spacial score (nSPS) is 10.1. The molecular formula is C14H13NO3. The maximum absolute atomic E-state index is 11.2. The van der Waals surface area contributed by atoms with Gasteiger partial charge in [-0.15, -0.1) is 0 Å². The molecule has 0 amide bonds. The van der Waals surface area contributed by atoms with Gasteiger partial charge in [0.05, 0.1) is 13.7 Å². The van der Waals surface area contributed by atoms with E-state index in [0.29, 0.717) is 0 Å². The average molecular weight is 243 g/mol. The number of nitrogens with zero attached hydrogens (tertiary/aromatic N) is 1. The van der Waals surface area contributed by atoms with Crippen LogP contribution in [0.15, 0.2) is 42.6 Å². The number of aromatic nitrogens is 1. The lowest BCUT2D eigenvalue weighted by molar-refractivity contribution is 0.0594. The summed E-state index contributed by atoms with van der Waals surface area (Å²) >= 11 is 0. The average Bonchev–Trinajstić information content (AvgIpc) is 2.46. The van der Waals surface area contributed by atoms with E-state index in [1.165, 1.54) is 7.11 Å². The lowest BCUT2D eigenvalue weighted by Crippen LogP contribution is -2.03. The summed E-state index contributed by atoms with van der Waals surface area (Å²) in [5, 5.41) is 9.08. The van der Waals surface area contributed by atoms with Crippen molar-refractivity contribution in [3.63, 3.8) is 0 Å². The van der Waals surface area contributed by atoms with Gasteiger partial charge in [-0.2, -0.15) is 0 Å². The minimum Gasteiger partial charge on any atom is -0.464 e. The fourth-order valence-corrected chi connectivity index (χ4v) is 1.64. The standard InChI is InChI=1S/C14H13NO3/c1-18-14(17)13-6-5-12(8-15-13)11-4-2-3-10(7-11)9-16/h2-8,16H,9H2,1H3. The fraction of sp³-hybridized carbons (Fsp3) is 0.143. The van der Waals surface area contributed by atoms with Crippen molar-refractivity contribution >= 4 is 5.97 Å². The molecule has 0 aliphatic rings. The van der Waals surface area contributed by atoms with Gasteiger partial charge in [-0.1, -0.05) is 24.3 Å². The SMILES string of the molecule is COC(=O)c1ccc(-c2cccc(CO)c2)cn1. The predicted octanol–water partition coefficient (Wildman–Crippen LogP) is 2.03. The number of aliphatic hydroxyl groups excluding tert-OH is 1. The zero-order chi connectivity index (χ0) is 13.0. The number of pyridine rings is 1. The van der Waals surface area contributed by atoms with Gasteiger partial charge >= 0.3 is 5.97 Å². The number of ether oxygens (including phenoxy) is 1. The van der Waals surface area contributed by atoms with Gasteiger partial charge in [0.25, 0.3) is 0 Å². The number of carbonyl (C=O) groups is 1. The van der Waals surface area contributed by atoms with E-state index in [2.05, 4.69) is 9.72 Å². The van der Waals surface area contributed by atoms with Crippen molar-refractivity contribution in [2.24, 2.45) is 0 Å². The molecule has 1 aromatic heterocycles. The minimum atomic E-state index is -0.453. The molecule has 0 aliphatic heterocycles. The molecular weight excluding hydrogens is 230 g/mol. The third-order valence-electron chi connectivity index (χ3n) is 2.60. The number of aliphatic hydroxyl groups is 1. The molecule has 2 aromatic rings. The highest BCUT2D eigenvalue weighted by Crippen LogP contribution is 2.20. The van der Waals surface area contributed by atoms with Crippen molar-refractivity contribution in [1.29, 1.82) is 0 Å². The Hall–Kier alpha value is -2.20. The summed E-state index contributed by atoms with van der Waals surface area (Å²) in [6.45, 7) is 0.00150. The molecule has 1 heterocycles. The topological polar surface area (TPSA) is 59.4 Å². The van der Waals surface area contributed by atoms with Crippen molar-refractivity contribution in [3.05, 3.63) is 53.9 Å². The van der Waals surface area contributed by atoms with E-state index in [9.17, 15) is 4.79 Å². The van der Waals surface area contributed by atoms with Crippen LogP contribution in [-0.4, -0.2) is 23.2 Å². The number of benzene rings is 1. The summed E-state index contributed by atoms with van der Waals surface area (Å²) in [5.41, 5.74) is 2.95. The van der Waals surface area contributed by atoms with Gasteiger partial charge in [0.2, 0.25) is 0 Å². The third-order valence-corrected chi connectivity index (χ3v) is 2.60. The summed E-state index contributed by atoms with van der Waals surface area (Å²) in [6, 6.07) is 10.9. The van der Waals surface area contributed by atoms with Crippen molar-refractivity contribution < 1.29 is 14.6 Å². The Morgan fingerprint density at radius 3 is 2.72 bits per heavy atom. The molecule has 0 saturated heterocycles. The highest BCUT2D eigenvalue weighted by molar-refractivity contribution is 5.87. The van der Waals surface area contributed by atoms with E-state index in [1.54, 1.807) is 18.3 Å². The van der Waals surface area contributed by atoms with Crippen LogP contribution in [0.4, 0.5) is 0 Å². The van der Waals surface area contributed by atoms with Crippen LogP contribution in [0.3, 0.4) is 0 Å². The summed E-state index contributed by atoms with van der Waals surface area (Å²) in [5.74, 6) is -0.453. The monoisotopic (exact) mass is 243 g/mol. The van der Waals surface area contributed by atoms with Crippen LogP contribution in [0.1, 0.15) is 16.1 Å². The molecule has 0 atom stereocenters. The first kappa shape index (κ1) is 12.3. The summed E-state index contributed by atoms with van der Waals surface area (Å²) in [4.78, 5) is 15.3. The molecule has 0 aliphatic carbocycles. The first-order valence-corrected chi connectivity index (χ1v) is 5.49. The molecule has 0 bridgehead atoms. The van der Waals surface area contributed by atoms with Gasteiger partial charge in [-0.3, -0.25) is 0 Å². The molecule has 1 N–H and O–H groups in total. The lowest BCUT2D eigenvalue weighted by atomic mass is 10.0. The molecule has 0 unspecified atom stereocenters. The van der Waals surface area contributed by atoms with Crippen LogP contribution in [0.5, 0.6) is 0 Å². The Kier molecular flexibility index (Phi) is 3.69. The van der Waals surface area contributed by atoms with Gasteiger partial charge in [0.15, 0.2) is 0 Å². The molecule has 2 rings (SSSR count). The Balaban J connectivity index is 2.31. The van der Waals surface area contributed by atoms with Crippen LogP contribution in [0, 0.1) is 0 Å². The van der Waals surface area contributed by atoms with E-state index in [4.69, 9.17) is 5.11 Å². The first-order valence-electron chi connectivity index (χ1n) is 5.49. The maximum atomic E-state index is 11.2. The van der Waals surface area contributed by atoms with E-state index in [-0.39, 0.29) is 12.3 Å². The zero-order valence-electron chi connectivity index (χ0n) is 9.96. The van der Waals surface area contributed by atoms with Crippen LogP contribution < -0.4 is 0 Å². The Morgan fingerprint density at radius 1 is 1.28 bits per heavy atom. The summed E-state index contributed by atoms with van der Waals surface area (Å²) < 4.78 is 4.58. The van der Waals surface area contributed by atoms with Crippen molar-refractivity contribution in [2.45, 2.75) is 6.61 Å². The molecule has 18 heavy (non-hydrogen) atoms. The molecule has 4 heteroatoms. The van der Waals surface area contributed by atoms with E-state index < -0.39 is 5.97 Å². The molecule has 0 radical (unpaired) electrons. The first-order chi connectivity index (χ1) is 8.74. The van der Waals surface area contributed by atoms with Gasteiger partial charge < -0.3 is 9.84 Å². The maximum Gasteiger partial charge on any atom is 0.356 e. The van der Waals surface area contributed by atoms with Gasteiger partial charge in [0, 0.05) is 11.8 Å². The lowest BCUT2D eigenvalue weighted by Gasteiger charge is -2.04. The van der Waals surface area contributed by atoms with Crippen molar-refractivity contribution in [3.8, 4) is 11.1 Å². The van der Waals surface area contributed by atoms with E-state index in [1.807, 2.05) is 24.3 Å². The molecule has 0 saturated carbocycles. The number of rotatable bonds is 3. The quantitative estimate of drug-likeness (QED) is 0.838. The zero-order valence-corrected chi connectivity index (χ0v) is 9.96. The number of carbonyl (C=O) groups excluding carboxylic acids is 1. The van der Waals surface area contributed by atoms with Crippen molar-refractivity contribution in [1.82, 2.24) is 4.98 Å². The molecule has 92 valence electrons. The third kappa shape index (κ3) is 2.55. The van der Waals surface area contributed by atoms with E-state index >= 15 is 0 Å². The molecule has 4 nitrogen and oxygen atoms in total. The Labute approximate surface area is 105 Å². The molecule has 1 aromatic carbocycles. The molecule has 0 fully saturated rings. The Morgan fingerprint density at radius 2 is 2.11 bits per heavy atom. The van der Waals surface area contributed by atoms with Gasteiger partial charge in [-0.05, 0) is 23.3 Å². The van der Waals surface area contributed by atoms with Gasteiger partial charge in [-0.25, -0.2) is 9.78 Å². The van der Waals surface area contributed by atoms with Crippen LogP contribution in [0.2, 0.25) is 0 Å². The Bertz CT molecular complexity index is 549. The van der Waals surface area contributed by atoms with Crippen molar-refractivity contribution in [2.75, 3.05) is 7.11 Å². The second-order valence-corrected chi connectivity index (χ2v) is 3.78. The predicted molar refractivity (Wildman–Crippen MR) is 66.9 cm³/mol. The second-order valence-electron chi connectivity index (χ2n) is 3.78. The smallest absolute Gasteiger partial charge is 0.356 e. The minimum absolute atomic E-state index is 0.00150. The number of esters is 1. The highest BCUT2D eigenvalue weighted by Gasteiger charge is 2.07. The van der Waals surface area contributed by atoms with E-state index in [0.717, 1.165) is 16.7 Å². The number of methoxy groups -OCH3 is 1. The highest BCUT2D eigenvalue weighted by atomic mass is 16.5. The summed E-state index contributed by atoms with van der Waals surface area (Å²) in [7, 11) is 1.32. The summed E-state index contributed by atoms with van der Waals surface area (Å²) in [6.07, 6.45) is 1.61. The van der Waals surface area contributed by atoms with Crippen LogP contribution in [0.25, 0.3) is 11.1 Å². The van der Waals surface area contributed by atoms with Crippen LogP contribution in [-0.2, 0) is 11.3 Å². The number of hydrogen-bond acceptors (Lipinski definition) is 4. The fourth-order valence-electron chi connectivity index (χ4n) is 1.64. The molecule has 0 spiro atoms. The van der Waals surface area contributed by atoms with Crippen LogP contribution >= 0.6 is 0 Å². The number of hydrogen-bond donors (Lipinski definition) is 1.